The molecular formula is C24H32ClFN4O2. The molecule has 1 aromatic carbocycles. The summed E-state index contributed by atoms with van der Waals surface area (Å²) in [5.41, 5.74) is 0.218. The van der Waals surface area contributed by atoms with E-state index in [-0.39, 0.29) is 22.4 Å². The highest BCUT2D eigenvalue weighted by atomic mass is 35.5. The van der Waals surface area contributed by atoms with Crippen molar-refractivity contribution in [1.29, 1.82) is 0 Å². The SMILES string of the molecule is CC(CC(=O)N1CCN(c2cc(Oc3ccc(F)c(Cl)c3)ncn2)CC1C)CC(C)(C)C. The molecule has 2 aromatic rings. The van der Waals surface area contributed by atoms with Gasteiger partial charge in [-0.1, -0.05) is 39.3 Å². The zero-order chi connectivity index (χ0) is 23.5. The van der Waals surface area contributed by atoms with Crippen LogP contribution in [0.25, 0.3) is 0 Å². The fraction of sp³-hybridized carbons (Fsp3) is 0.542. The van der Waals surface area contributed by atoms with E-state index in [0.717, 1.165) is 12.2 Å². The van der Waals surface area contributed by atoms with Crippen LogP contribution in [0.2, 0.25) is 5.02 Å². The number of rotatable bonds is 6. The molecule has 0 spiro atoms. The van der Waals surface area contributed by atoms with Crippen LogP contribution in [-0.4, -0.2) is 46.5 Å². The lowest BCUT2D eigenvalue weighted by molar-refractivity contribution is -0.134. The number of aromatic nitrogens is 2. The van der Waals surface area contributed by atoms with Crippen molar-refractivity contribution in [3.63, 3.8) is 0 Å². The van der Waals surface area contributed by atoms with Gasteiger partial charge in [0.2, 0.25) is 11.8 Å². The first-order valence-corrected chi connectivity index (χ1v) is 11.4. The second-order valence-corrected chi connectivity index (χ2v) is 10.3. The van der Waals surface area contributed by atoms with Crippen molar-refractivity contribution in [3.05, 3.63) is 41.4 Å². The lowest BCUT2D eigenvalue weighted by atomic mass is 9.84. The maximum atomic E-state index is 13.4. The summed E-state index contributed by atoms with van der Waals surface area (Å²) in [5, 5.41) is -0.0109. The molecule has 2 unspecified atom stereocenters. The maximum absolute atomic E-state index is 13.4. The number of halogens is 2. The summed E-state index contributed by atoms with van der Waals surface area (Å²) in [6.45, 7) is 12.9. The quantitative estimate of drug-likeness (QED) is 0.562. The van der Waals surface area contributed by atoms with Crippen LogP contribution in [-0.2, 0) is 4.79 Å². The fourth-order valence-corrected chi connectivity index (χ4v) is 4.46. The minimum atomic E-state index is -0.503. The van der Waals surface area contributed by atoms with Gasteiger partial charge in [-0.2, -0.15) is 0 Å². The van der Waals surface area contributed by atoms with Crippen molar-refractivity contribution in [2.24, 2.45) is 11.3 Å². The van der Waals surface area contributed by atoms with Crippen molar-refractivity contribution >= 4 is 23.3 Å². The molecule has 1 saturated heterocycles. The number of hydrogen-bond acceptors (Lipinski definition) is 5. The second-order valence-electron chi connectivity index (χ2n) is 9.85. The molecule has 0 aliphatic carbocycles. The fourth-order valence-electron chi connectivity index (χ4n) is 4.29. The van der Waals surface area contributed by atoms with E-state index in [9.17, 15) is 9.18 Å². The van der Waals surface area contributed by atoms with Gasteiger partial charge in [0, 0.05) is 44.2 Å². The van der Waals surface area contributed by atoms with E-state index in [1.54, 1.807) is 6.07 Å². The van der Waals surface area contributed by atoms with Crippen LogP contribution in [0.3, 0.4) is 0 Å². The topological polar surface area (TPSA) is 58.6 Å². The van der Waals surface area contributed by atoms with Gasteiger partial charge in [0.1, 0.15) is 23.7 Å². The summed E-state index contributed by atoms with van der Waals surface area (Å²) in [7, 11) is 0. The van der Waals surface area contributed by atoms with Crippen LogP contribution in [0, 0.1) is 17.2 Å². The maximum Gasteiger partial charge on any atom is 0.224 e. The molecule has 3 rings (SSSR count). The standard InChI is InChI=1S/C24H32ClFN4O2/c1-16(13-24(3,4)5)10-23(31)30-9-8-29(14-17(30)2)21-12-22(28-15-27-21)32-18-6-7-20(26)19(25)11-18/h6-7,11-12,15-17H,8-10,13-14H2,1-5H3. The number of amides is 1. The van der Waals surface area contributed by atoms with Gasteiger partial charge in [-0.3, -0.25) is 4.79 Å². The van der Waals surface area contributed by atoms with Crippen LogP contribution in [0.5, 0.6) is 11.6 Å². The highest BCUT2D eigenvalue weighted by Gasteiger charge is 2.29. The van der Waals surface area contributed by atoms with Crippen LogP contribution in [0.4, 0.5) is 10.2 Å². The minimum Gasteiger partial charge on any atom is -0.439 e. The molecule has 8 heteroatoms. The Hall–Kier alpha value is -2.41. The van der Waals surface area contributed by atoms with Gasteiger partial charge < -0.3 is 14.5 Å². The number of anilines is 1. The molecule has 0 radical (unpaired) electrons. The van der Waals surface area contributed by atoms with E-state index in [1.807, 2.05) is 4.90 Å². The van der Waals surface area contributed by atoms with E-state index < -0.39 is 5.82 Å². The van der Waals surface area contributed by atoms with Gasteiger partial charge in [0.15, 0.2) is 0 Å². The highest BCUT2D eigenvalue weighted by molar-refractivity contribution is 6.30. The molecule has 1 aliphatic rings. The Morgan fingerprint density at radius 3 is 2.69 bits per heavy atom. The Morgan fingerprint density at radius 2 is 2.03 bits per heavy atom. The van der Waals surface area contributed by atoms with Gasteiger partial charge in [0.25, 0.3) is 0 Å². The predicted octanol–water partition coefficient (Wildman–Crippen LogP) is 5.56. The van der Waals surface area contributed by atoms with Crippen molar-refractivity contribution < 1.29 is 13.9 Å². The number of carbonyl (C=O) groups excluding carboxylic acids is 1. The first-order chi connectivity index (χ1) is 15.0. The molecule has 2 heterocycles. The van der Waals surface area contributed by atoms with Crippen LogP contribution < -0.4 is 9.64 Å². The van der Waals surface area contributed by atoms with E-state index in [2.05, 4.69) is 49.5 Å². The molecular weight excluding hydrogens is 431 g/mol. The molecule has 0 N–H and O–H groups in total. The molecule has 0 bridgehead atoms. The third-order valence-electron chi connectivity index (χ3n) is 5.50. The van der Waals surface area contributed by atoms with E-state index >= 15 is 0 Å². The first kappa shape index (κ1) is 24.2. The lowest BCUT2D eigenvalue weighted by Gasteiger charge is -2.41. The van der Waals surface area contributed by atoms with E-state index in [4.69, 9.17) is 16.3 Å². The molecule has 6 nitrogen and oxygen atoms in total. The molecule has 32 heavy (non-hydrogen) atoms. The minimum absolute atomic E-state index is 0.0109. The molecule has 174 valence electrons. The third-order valence-corrected chi connectivity index (χ3v) is 5.79. The summed E-state index contributed by atoms with van der Waals surface area (Å²) < 4.78 is 19.1. The van der Waals surface area contributed by atoms with E-state index in [1.165, 1.54) is 24.5 Å². The van der Waals surface area contributed by atoms with Gasteiger partial charge in [-0.15, -0.1) is 0 Å². The van der Waals surface area contributed by atoms with Crippen LogP contribution >= 0.6 is 11.6 Å². The molecule has 2 atom stereocenters. The Kier molecular flexibility index (Phi) is 7.59. The summed E-state index contributed by atoms with van der Waals surface area (Å²) in [6, 6.07) is 5.97. The van der Waals surface area contributed by atoms with Gasteiger partial charge in [-0.05, 0) is 36.8 Å². The summed E-state index contributed by atoms with van der Waals surface area (Å²) >= 11 is 5.82. The predicted molar refractivity (Wildman–Crippen MR) is 125 cm³/mol. The van der Waals surface area contributed by atoms with Crippen LogP contribution in [0.15, 0.2) is 30.6 Å². The third kappa shape index (κ3) is 6.55. The Morgan fingerprint density at radius 1 is 1.28 bits per heavy atom. The number of carbonyl (C=O) groups is 1. The Labute approximate surface area is 194 Å². The average molecular weight is 463 g/mol. The largest absolute Gasteiger partial charge is 0.439 e. The Bertz CT molecular complexity index is 950. The number of piperazine rings is 1. The Balaban J connectivity index is 1.60. The number of benzene rings is 1. The van der Waals surface area contributed by atoms with Crippen molar-refractivity contribution in [2.45, 2.75) is 53.5 Å². The highest BCUT2D eigenvalue weighted by Crippen LogP contribution is 2.29. The zero-order valence-electron chi connectivity index (χ0n) is 19.4. The number of hydrogen-bond donors (Lipinski definition) is 0. The van der Waals surface area contributed by atoms with E-state index in [0.29, 0.717) is 43.6 Å². The van der Waals surface area contributed by atoms with Crippen molar-refractivity contribution in [2.75, 3.05) is 24.5 Å². The van der Waals surface area contributed by atoms with Crippen LogP contribution in [0.1, 0.15) is 47.5 Å². The number of nitrogens with zero attached hydrogens (tertiary/aromatic N) is 4. The number of ether oxygens (including phenoxy) is 1. The monoisotopic (exact) mass is 462 g/mol. The molecule has 1 aromatic heterocycles. The van der Waals surface area contributed by atoms with Gasteiger partial charge in [-0.25, -0.2) is 14.4 Å². The average Bonchev–Trinajstić information content (AvgIpc) is 2.69. The lowest BCUT2D eigenvalue weighted by Crippen LogP contribution is -2.54. The summed E-state index contributed by atoms with van der Waals surface area (Å²) in [5.74, 6) is 1.54. The van der Waals surface area contributed by atoms with Crippen molar-refractivity contribution in [3.8, 4) is 11.6 Å². The zero-order valence-corrected chi connectivity index (χ0v) is 20.2. The molecule has 0 saturated carbocycles. The first-order valence-electron chi connectivity index (χ1n) is 11.0. The molecule has 1 fully saturated rings. The summed E-state index contributed by atoms with van der Waals surface area (Å²) in [6.07, 6.45) is 3.04. The van der Waals surface area contributed by atoms with Gasteiger partial charge >= 0.3 is 0 Å². The van der Waals surface area contributed by atoms with Gasteiger partial charge in [0.05, 0.1) is 5.02 Å². The smallest absolute Gasteiger partial charge is 0.224 e. The second kappa shape index (κ2) is 10.0. The summed E-state index contributed by atoms with van der Waals surface area (Å²) in [4.78, 5) is 25.5. The molecule has 1 aliphatic heterocycles. The normalized spacial score (nSPS) is 17.9. The molecule has 1 amide bonds. The van der Waals surface area contributed by atoms with Crippen molar-refractivity contribution in [1.82, 2.24) is 14.9 Å².